The Labute approximate surface area is 93.4 Å². The Morgan fingerprint density at radius 3 is 2.44 bits per heavy atom. The highest BCUT2D eigenvalue weighted by Gasteiger charge is 2.59. The highest BCUT2D eigenvalue weighted by atomic mass is 32.2. The summed E-state index contributed by atoms with van der Waals surface area (Å²) in [4.78, 5) is 0. The normalized spacial score (nSPS) is 34.7. The molecule has 1 saturated carbocycles. The summed E-state index contributed by atoms with van der Waals surface area (Å²) in [5.74, 6) is 0.463. The zero-order valence-corrected chi connectivity index (χ0v) is 9.37. The Hall–Kier alpha value is -1.10. The Balaban J connectivity index is 1.88. The van der Waals surface area contributed by atoms with Gasteiger partial charge in [-0.15, -0.1) is 0 Å². The fraction of sp³-hybridized carbons (Fsp3) is 0.455. The molecule has 0 radical (unpaired) electrons. The van der Waals surface area contributed by atoms with E-state index < -0.39 is 9.84 Å². The summed E-state index contributed by atoms with van der Waals surface area (Å²) in [5, 5.41) is 0. The van der Waals surface area contributed by atoms with Crippen molar-refractivity contribution in [2.24, 2.45) is 11.8 Å². The van der Waals surface area contributed by atoms with Crippen LogP contribution in [0.15, 0.2) is 18.2 Å². The number of fused-ring (bicyclic) bond motifs is 1. The quantitative estimate of drug-likeness (QED) is 0.751. The van der Waals surface area contributed by atoms with Crippen molar-refractivity contribution in [3.8, 4) is 0 Å². The summed E-state index contributed by atoms with van der Waals surface area (Å²) in [5.41, 5.74) is 6.50. The Morgan fingerprint density at radius 1 is 1.25 bits per heavy atom. The molecule has 86 valence electrons. The monoisotopic (exact) mass is 241 g/mol. The lowest BCUT2D eigenvalue weighted by atomic mass is 10.1. The van der Waals surface area contributed by atoms with Gasteiger partial charge in [0.05, 0.1) is 11.5 Å². The molecule has 16 heavy (non-hydrogen) atoms. The molecule has 0 aromatic heterocycles. The average Bonchev–Trinajstić information content (AvgIpc) is 2.68. The molecule has 0 amide bonds. The summed E-state index contributed by atoms with van der Waals surface area (Å²) >= 11 is 0. The van der Waals surface area contributed by atoms with Crippen LogP contribution in [-0.4, -0.2) is 19.9 Å². The molecule has 2 N–H and O–H groups in total. The first-order valence-corrected chi connectivity index (χ1v) is 7.05. The minimum Gasteiger partial charge on any atom is -0.399 e. The van der Waals surface area contributed by atoms with Crippen LogP contribution in [0.1, 0.15) is 11.5 Å². The van der Waals surface area contributed by atoms with E-state index in [0.29, 0.717) is 11.3 Å². The lowest BCUT2D eigenvalue weighted by Crippen LogP contribution is -2.09. The molecule has 5 heteroatoms. The van der Waals surface area contributed by atoms with E-state index >= 15 is 0 Å². The fourth-order valence-corrected chi connectivity index (χ4v) is 5.05. The SMILES string of the molecule is Nc1ccc(C2C3CS(=O)(=O)CC32)c(F)c1. The molecular weight excluding hydrogens is 229 g/mol. The Bertz CT molecular complexity index is 537. The number of nitrogens with two attached hydrogens (primary N) is 1. The number of halogens is 1. The van der Waals surface area contributed by atoms with Crippen molar-refractivity contribution in [1.82, 2.24) is 0 Å². The van der Waals surface area contributed by atoms with E-state index in [4.69, 9.17) is 5.73 Å². The molecule has 1 heterocycles. The van der Waals surface area contributed by atoms with Crippen LogP contribution in [0.3, 0.4) is 0 Å². The van der Waals surface area contributed by atoms with E-state index in [9.17, 15) is 12.8 Å². The maximum Gasteiger partial charge on any atom is 0.150 e. The van der Waals surface area contributed by atoms with Gasteiger partial charge in [-0.05, 0) is 35.4 Å². The lowest BCUT2D eigenvalue weighted by molar-refractivity contribution is 0.588. The van der Waals surface area contributed by atoms with Crippen LogP contribution >= 0.6 is 0 Å². The van der Waals surface area contributed by atoms with Gasteiger partial charge in [0.2, 0.25) is 0 Å². The van der Waals surface area contributed by atoms with E-state index in [-0.39, 0.29) is 35.1 Å². The van der Waals surface area contributed by atoms with Crippen LogP contribution < -0.4 is 5.73 Å². The van der Waals surface area contributed by atoms with Crippen molar-refractivity contribution in [2.75, 3.05) is 17.2 Å². The Kier molecular flexibility index (Phi) is 1.87. The van der Waals surface area contributed by atoms with Gasteiger partial charge in [-0.25, -0.2) is 12.8 Å². The van der Waals surface area contributed by atoms with E-state index in [1.807, 2.05) is 0 Å². The highest BCUT2D eigenvalue weighted by molar-refractivity contribution is 7.91. The van der Waals surface area contributed by atoms with Gasteiger partial charge in [0.15, 0.2) is 9.84 Å². The number of sulfone groups is 1. The summed E-state index contributed by atoms with van der Waals surface area (Å²) < 4.78 is 36.2. The number of benzene rings is 1. The third kappa shape index (κ3) is 1.42. The molecule has 2 fully saturated rings. The van der Waals surface area contributed by atoms with E-state index in [1.165, 1.54) is 6.07 Å². The standard InChI is InChI=1S/C11H12FNO2S/c12-10-3-6(13)1-2-7(10)11-8-4-16(14,15)5-9(8)11/h1-3,8-9,11H,4-5,13H2. The molecule has 3 nitrogen and oxygen atoms in total. The van der Waals surface area contributed by atoms with Crippen LogP contribution in [0.25, 0.3) is 0 Å². The lowest BCUT2D eigenvalue weighted by Gasteiger charge is -2.06. The van der Waals surface area contributed by atoms with Gasteiger partial charge < -0.3 is 5.73 Å². The molecule has 0 spiro atoms. The van der Waals surface area contributed by atoms with Gasteiger partial charge in [0.1, 0.15) is 5.82 Å². The van der Waals surface area contributed by atoms with Crippen molar-refractivity contribution in [3.63, 3.8) is 0 Å². The van der Waals surface area contributed by atoms with E-state index in [1.54, 1.807) is 12.1 Å². The average molecular weight is 241 g/mol. The molecule has 0 bridgehead atoms. The number of hydrogen-bond donors (Lipinski definition) is 1. The predicted molar refractivity (Wildman–Crippen MR) is 59.2 cm³/mol. The minimum atomic E-state index is -2.85. The second-order valence-electron chi connectivity index (χ2n) is 4.71. The summed E-state index contributed by atoms with van der Waals surface area (Å²) in [6.07, 6.45) is 0. The van der Waals surface area contributed by atoms with Gasteiger partial charge in [0.25, 0.3) is 0 Å². The smallest absolute Gasteiger partial charge is 0.150 e. The predicted octanol–water partition coefficient (Wildman–Crippen LogP) is 1.17. The summed E-state index contributed by atoms with van der Waals surface area (Å²) in [6, 6.07) is 4.65. The zero-order valence-electron chi connectivity index (χ0n) is 8.56. The van der Waals surface area contributed by atoms with Crippen molar-refractivity contribution >= 4 is 15.5 Å². The van der Waals surface area contributed by atoms with Crippen LogP contribution in [0.2, 0.25) is 0 Å². The molecule has 2 unspecified atom stereocenters. The van der Waals surface area contributed by atoms with Crippen molar-refractivity contribution in [3.05, 3.63) is 29.6 Å². The zero-order chi connectivity index (χ0) is 11.5. The fourth-order valence-electron chi connectivity index (χ4n) is 2.83. The second-order valence-corrected chi connectivity index (χ2v) is 6.87. The molecule has 1 aliphatic heterocycles. The Morgan fingerprint density at radius 2 is 1.88 bits per heavy atom. The van der Waals surface area contributed by atoms with Crippen molar-refractivity contribution < 1.29 is 12.8 Å². The molecule has 1 aliphatic carbocycles. The van der Waals surface area contributed by atoms with Crippen LogP contribution in [0.5, 0.6) is 0 Å². The van der Waals surface area contributed by atoms with Gasteiger partial charge in [0, 0.05) is 5.69 Å². The topological polar surface area (TPSA) is 60.2 Å². The maximum atomic E-state index is 13.6. The third-order valence-corrected chi connectivity index (χ3v) is 5.39. The highest BCUT2D eigenvalue weighted by Crippen LogP contribution is 2.59. The molecule has 1 aromatic carbocycles. The van der Waals surface area contributed by atoms with E-state index in [0.717, 1.165) is 0 Å². The number of rotatable bonds is 1. The number of nitrogen functional groups attached to an aromatic ring is 1. The molecule has 1 aromatic rings. The largest absolute Gasteiger partial charge is 0.399 e. The van der Waals surface area contributed by atoms with Crippen molar-refractivity contribution in [2.45, 2.75) is 5.92 Å². The first kappa shape index (κ1) is 10.1. The number of anilines is 1. The van der Waals surface area contributed by atoms with Crippen molar-refractivity contribution in [1.29, 1.82) is 0 Å². The van der Waals surface area contributed by atoms with Crippen LogP contribution in [0, 0.1) is 17.7 Å². The first-order chi connectivity index (χ1) is 7.48. The molecule has 1 saturated heterocycles. The van der Waals surface area contributed by atoms with E-state index in [2.05, 4.69) is 0 Å². The molecule has 3 rings (SSSR count). The third-order valence-electron chi connectivity index (χ3n) is 3.61. The summed E-state index contributed by atoms with van der Waals surface area (Å²) in [6.45, 7) is 0. The first-order valence-electron chi connectivity index (χ1n) is 5.23. The van der Waals surface area contributed by atoms with Gasteiger partial charge >= 0.3 is 0 Å². The van der Waals surface area contributed by atoms with Gasteiger partial charge in [-0.1, -0.05) is 6.07 Å². The van der Waals surface area contributed by atoms with Gasteiger partial charge in [-0.3, -0.25) is 0 Å². The minimum absolute atomic E-state index is 0.0872. The molecular formula is C11H12FNO2S. The molecule has 2 aliphatic rings. The van der Waals surface area contributed by atoms with Gasteiger partial charge in [-0.2, -0.15) is 0 Å². The maximum absolute atomic E-state index is 13.6. The second kappa shape index (κ2) is 2.97. The number of hydrogen-bond acceptors (Lipinski definition) is 3. The van der Waals surface area contributed by atoms with Crippen LogP contribution in [0.4, 0.5) is 10.1 Å². The van der Waals surface area contributed by atoms with Crippen LogP contribution in [-0.2, 0) is 9.84 Å². The summed E-state index contributed by atoms with van der Waals surface area (Å²) in [7, 11) is -2.85. The molecule has 2 atom stereocenters.